The molecule has 2 aliphatic rings. The Morgan fingerprint density at radius 1 is 1.27 bits per heavy atom. The van der Waals surface area contributed by atoms with Crippen molar-refractivity contribution >= 4 is 5.82 Å². The van der Waals surface area contributed by atoms with E-state index >= 15 is 0 Å². The molecule has 122 valence electrons. The molecule has 1 aromatic heterocycles. The Kier molecular flexibility index (Phi) is 4.90. The molecule has 0 spiro atoms. The van der Waals surface area contributed by atoms with Gasteiger partial charge in [-0.3, -0.25) is 10.9 Å². The molecule has 3 rings (SSSR count). The third kappa shape index (κ3) is 3.39. The zero-order valence-electron chi connectivity index (χ0n) is 13.7. The summed E-state index contributed by atoms with van der Waals surface area (Å²) < 4.78 is 5.46. The summed E-state index contributed by atoms with van der Waals surface area (Å²) in [4.78, 5) is 11.1. The Balaban J connectivity index is 1.59. The lowest BCUT2D eigenvalue weighted by Gasteiger charge is -2.24. The average Bonchev–Trinajstić information content (AvgIpc) is 3.16. The molecule has 22 heavy (non-hydrogen) atoms. The predicted molar refractivity (Wildman–Crippen MR) is 86.8 cm³/mol. The van der Waals surface area contributed by atoms with Crippen molar-refractivity contribution in [3.8, 4) is 0 Å². The molecule has 2 N–H and O–H groups in total. The fourth-order valence-corrected chi connectivity index (χ4v) is 3.43. The van der Waals surface area contributed by atoms with Gasteiger partial charge < -0.3 is 9.64 Å². The molecule has 3 heterocycles. The van der Waals surface area contributed by atoms with Gasteiger partial charge >= 0.3 is 0 Å². The Morgan fingerprint density at radius 2 is 2.05 bits per heavy atom. The number of anilines is 1. The van der Waals surface area contributed by atoms with E-state index in [1.54, 1.807) is 6.33 Å². The summed E-state index contributed by atoms with van der Waals surface area (Å²) in [6.45, 7) is 7.11. The van der Waals surface area contributed by atoms with Gasteiger partial charge in [-0.2, -0.15) is 0 Å². The number of aromatic nitrogens is 2. The van der Waals surface area contributed by atoms with Crippen molar-refractivity contribution in [1.82, 2.24) is 20.8 Å². The second-order valence-corrected chi connectivity index (χ2v) is 6.60. The van der Waals surface area contributed by atoms with Gasteiger partial charge in [0.15, 0.2) is 0 Å². The van der Waals surface area contributed by atoms with Crippen molar-refractivity contribution in [3.05, 3.63) is 18.1 Å². The monoisotopic (exact) mass is 305 g/mol. The van der Waals surface area contributed by atoms with E-state index in [1.165, 1.54) is 0 Å². The molecular weight excluding hydrogens is 278 g/mol. The van der Waals surface area contributed by atoms with E-state index in [0.717, 1.165) is 44.1 Å². The molecule has 1 aromatic rings. The van der Waals surface area contributed by atoms with Crippen molar-refractivity contribution in [2.24, 2.45) is 5.92 Å². The number of rotatable bonds is 5. The third-order valence-corrected chi connectivity index (χ3v) is 5.03. The number of hydrogen-bond donors (Lipinski definition) is 2. The normalized spacial score (nSPS) is 31.6. The van der Waals surface area contributed by atoms with Gasteiger partial charge in [0.2, 0.25) is 0 Å². The number of nitrogens with zero attached hydrogens (tertiary/aromatic N) is 3. The summed E-state index contributed by atoms with van der Waals surface area (Å²) >= 11 is 0. The minimum absolute atomic E-state index is 0.429. The van der Waals surface area contributed by atoms with Crippen LogP contribution in [0.1, 0.15) is 38.3 Å². The van der Waals surface area contributed by atoms with E-state index in [2.05, 4.69) is 52.7 Å². The smallest absolute Gasteiger partial charge is 0.131 e. The highest BCUT2D eigenvalue weighted by molar-refractivity contribution is 5.38. The van der Waals surface area contributed by atoms with E-state index in [-0.39, 0.29) is 0 Å². The van der Waals surface area contributed by atoms with Crippen LogP contribution in [0, 0.1) is 5.92 Å². The van der Waals surface area contributed by atoms with Crippen molar-refractivity contribution in [1.29, 1.82) is 0 Å². The highest BCUT2D eigenvalue weighted by Gasteiger charge is 2.29. The highest BCUT2D eigenvalue weighted by Crippen LogP contribution is 2.25. The van der Waals surface area contributed by atoms with Gasteiger partial charge in [0.25, 0.3) is 0 Å². The third-order valence-electron chi connectivity index (χ3n) is 5.03. The maximum atomic E-state index is 5.46. The number of hydrazine groups is 1. The van der Waals surface area contributed by atoms with Crippen LogP contribution >= 0.6 is 0 Å². The fourth-order valence-electron chi connectivity index (χ4n) is 3.43. The van der Waals surface area contributed by atoms with Gasteiger partial charge in [0.05, 0.1) is 12.3 Å². The first-order chi connectivity index (χ1) is 10.6. The first kappa shape index (κ1) is 15.6. The van der Waals surface area contributed by atoms with E-state index in [1.807, 2.05) is 0 Å². The van der Waals surface area contributed by atoms with Crippen LogP contribution in [0.2, 0.25) is 0 Å². The van der Waals surface area contributed by atoms with Crippen molar-refractivity contribution in [2.45, 2.75) is 44.7 Å². The molecule has 0 aromatic carbocycles. The standard InChI is InChI=1S/C16H27N5O/c1-11-14(12(2)20-19-11)4-6-21(3)16-8-15(17-10-18-16)13-5-7-22-9-13/h8,10-14,19-20H,4-7,9H2,1-3H3. The van der Waals surface area contributed by atoms with Crippen molar-refractivity contribution in [3.63, 3.8) is 0 Å². The van der Waals surface area contributed by atoms with Crippen LogP contribution in [0.5, 0.6) is 0 Å². The van der Waals surface area contributed by atoms with Crippen LogP contribution in [0.4, 0.5) is 5.82 Å². The van der Waals surface area contributed by atoms with E-state index in [9.17, 15) is 0 Å². The Hall–Kier alpha value is -1.24. The maximum Gasteiger partial charge on any atom is 0.131 e. The molecule has 0 bridgehead atoms. The molecule has 2 saturated heterocycles. The molecule has 2 aliphatic heterocycles. The largest absolute Gasteiger partial charge is 0.381 e. The van der Waals surface area contributed by atoms with E-state index in [4.69, 9.17) is 4.74 Å². The van der Waals surface area contributed by atoms with E-state index < -0.39 is 0 Å². The molecule has 0 aliphatic carbocycles. The van der Waals surface area contributed by atoms with Crippen LogP contribution in [0.25, 0.3) is 0 Å². The summed E-state index contributed by atoms with van der Waals surface area (Å²) in [7, 11) is 2.11. The van der Waals surface area contributed by atoms with Gasteiger partial charge in [-0.15, -0.1) is 0 Å². The first-order valence-electron chi connectivity index (χ1n) is 8.27. The van der Waals surface area contributed by atoms with Crippen LogP contribution < -0.4 is 15.8 Å². The van der Waals surface area contributed by atoms with Crippen molar-refractivity contribution in [2.75, 3.05) is 31.7 Å². The topological polar surface area (TPSA) is 62.3 Å². The first-order valence-corrected chi connectivity index (χ1v) is 8.27. The zero-order valence-corrected chi connectivity index (χ0v) is 13.7. The number of nitrogens with one attached hydrogen (secondary N) is 2. The van der Waals surface area contributed by atoms with Gasteiger partial charge in [-0.05, 0) is 32.6 Å². The van der Waals surface area contributed by atoms with E-state index in [0.29, 0.717) is 23.9 Å². The van der Waals surface area contributed by atoms with Crippen LogP contribution in [0.15, 0.2) is 12.4 Å². The Labute approximate surface area is 132 Å². The molecule has 6 nitrogen and oxygen atoms in total. The predicted octanol–water partition coefficient (Wildman–Crippen LogP) is 1.31. The second kappa shape index (κ2) is 6.89. The summed E-state index contributed by atoms with van der Waals surface area (Å²) in [5.41, 5.74) is 7.75. The molecule has 2 fully saturated rings. The van der Waals surface area contributed by atoms with Gasteiger partial charge in [-0.1, -0.05) is 0 Å². The fraction of sp³-hybridized carbons (Fsp3) is 0.750. The van der Waals surface area contributed by atoms with Gasteiger partial charge in [0.1, 0.15) is 12.1 Å². The molecule has 3 unspecified atom stereocenters. The molecular formula is C16H27N5O. The Bertz CT molecular complexity index is 481. The zero-order chi connectivity index (χ0) is 15.5. The molecule has 6 heteroatoms. The summed E-state index contributed by atoms with van der Waals surface area (Å²) in [6.07, 6.45) is 3.89. The number of hydrogen-bond acceptors (Lipinski definition) is 6. The lowest BCUT2D eigenvalue weighted by Crippen LogP contribution is -2.30. The maximum absolute atomic E-state index is 5.46. The summed E-state index contributed by atoms with van der Waals surface area (Å²) in [6, 6.07) is 3.15. The van der Waals surface area contributed by atoms with Gasteiger partial charge in [-0.25, -0.2) is 9.97 Å². The molecule has 0 saturated carbocycles. The number of ether oxygens (including phenoxy) is 1. The molecule has 0 radical (unpaired) electrons. The Morgan fingerprint density at radius 3 is 2.73 bits per heavy atom. The minimum atomic E-state index is 0.429. The minimum Gasteiger partial charge on any atom is -0.381 e. The second-order valence-electron chi connectivity index (χ2n) is 6.60. The lowest BCUT2D eigenvalue weighted by molar-refractivity contribution is 0.193. The summed E-state index contributed by atoms with van der Waals surface area (Å²) in [5, 5.41) is 0. The van der Waals surface area contributed by atoms with Crippen LogP contribution in [-0.2, 0) is 4.74 Å². The SMILES string of the molecule is CC1NNC(C)C1CCN(C)c1cc(C2CCOC2)ncn1. The quantitative estimate of drug-likeness (QED) is 0.855. The van der Waals surface area contributed by atoms with Crippen LogP contribution in [0.3, 0.4) is 0 Å². The van der Waals surface area contributed by atoms with Crippen LogP contribution in [-0.4, -0.2) is 48.9 Å². The summed E-state index contributed by atoms with van der Waals surface area (Å²) in [5.74, 6) is 2.08. The van der Waals surface area contributed by atoms with Gasteiger partial charge in [0, 0.05) is 44.3 Å². The van der Waals surface area contributed by atoms with Crippen molar-refractivity contribution < 1.29 is 4.74 Å². The highest BCUT2D eigenvalue weighted by atomic mass is 16.5. The lowest BCUT2D eigenvalue weighted by atomic mass is 9.93. The molecule has 3 atom stereocenters. The average molecular weight is 305 g/mol. The molecule has 0 amide bonds.